The minimum atomic E-state index is -3.31. The fraction of sp³-hybridized carbons (Fsp3) is 0.308. The highest BCUT2D eigenvalue weighted by Crippen LogP contribution is 2.48. The van der Waals surface area contributed by atoms with Gasteiger partial charge in [-0.15, -0.1) is 0 Å². The Labute approximate surface area is 112 Å². The smallest absolute Gasteiger partial charge is 0.334 e. The summed E-state index contributed by atoms with van der Waals surface area (Å²) < 4.78 is 26.4. The Bertz CT molecular complexity index is 487. The highest BCUT2D eigenvalue weighted by atomic mass is 31.2. The van der Waals surface area contributed by atoms with Gasteiger partial charge in [0.15, 0.2) is 0 Å². The number of carbonyl (C=O) groups is 1. The van der Waals surface area contributed by atoms with Crippen LogP contribution in [-0.4, -0.2) is 33.5 Å². The van der Waals surface area contributed by atoms with E-state index in [0.717, 1.165) is 5.56 Å². The van der Waals surface area contributed by atoms with Gasteiger partial charge in [-0.25, -0.2) is 4.79 Å². The van der Waals surface area contributed by atoms with Crippen molar-refractivity contribution in [3.8, 4) is 0 Å². The molecular formula is C13H17O5P. The summed E-state index contributed by atoms with van der Waals surface area (Å²) in [5.74, 6) is -0.557. The normalized spacial score (nSPS) is 12.3. The lowest BCUT2D eigenvalue weighted by Crippen LogP contribution is -2.10. The standard InChI is InChI=1S/C13H17O5P/c1-16-13(14)12(10-19(15,17-2)18-3)9-11-7-5-4-6-8-11/h4-9H,10H2,1-3H3/b12-9+. The molecule has 0 saturated carbocycles. The van der Waals surface area contributed by atoms with Crippen molar-refractivity contribution in [1.29, 1.82) is 0 Å². The summed E-state index contributed by atoms with van der Waals surface area (Å²) in [5, 5.41) is 0. The monoisotopic (exact) mass is 284 g/mol. The third-order valence-corrected chi connectivity index (χ3v) is 4.35. The molecule has 1 aromatic rings. The highest BCUT2D eigenvalue weighted by molar-refractivity contribution is 7.54. The van der Waals surface area contributed by atoms with Crippen LogP contribution in [0.25, 0.3) is 6.08 Å². The van der Waals surface area contributed by atoms with Crippen molar-refractivity contribution in [1.82, 2.24) is 0 Å². The first-order valence-corrected chi connectivity index (χ1v) is 7.32. The Morgan fingerprint density at radius 1 is 1.16 bits per heavy atom. The molecule has 0 aliphatic carbocycles. The van der Waals surface area contributed by atoms with Crippen LogP contribution in [0.15, 0.2) is 35.9 Å². The van der Waals surface area contributed by atoms with Crippen LogP contribution in [0, 0.1) is 0 Å². The van der Waals surface area contributed by atoms with Gasteiger partial charge in [0, 0.05) is 19.8 Å². The first kappa shape index (κ1) is 15.6. The zero-order valence-electron chi connectivity index (χ0n) is 11.2. The van der Waals surface area contributed by atoms with E-state index in [4.69, 9.17) is 9.05 Å². The topological polar surface area (TPSA) is 61.8 Å². The second-order valence-corrected chi connectivity index (χ2v) is 5.97. The van der Waals surface area contributed by atoms with Gasteiger partial charge < -0.3 is 13.8 Å². The van der Waals surface area contributed by atoms with Crippen molar-refractivity contribution >= 4 is 19.6 Å². The molecule has 0 N–H and O–H groups in total. The summed E-state index contributed by atoms with van der Waals surface area (Å²) in [6.45, 7) is 0. The molecule has 0 aliphatic rings. The van der Waals surface area contributed by atoms with E-state index in [9.17, 15) is 9.36 Å². The van der Waals surface area contributed by atoms with Gasteiger partial charge in [-0.3, -0.25) is 4.57 Å². The number of rotatable bonds is 6. The van der Waals surface area contributed by atoms with Gasteiger partial charge in [0.25, 0.3) is 0 Å². The Hall–Kier alpha value is -1.42. The van der Waals surface area contributed by atoms with E-state index in [1.54, 1.807) is 6.08 Å². The van der Waals surface area contributed by atoms with Gasteiger partial charge in [-0.2, -0.15) is 0 Å². The van der Waals surface area contributed by atoms with Gasteiger partial charge in [-0.1, -0.05) is 30.3 Å². The van der Waals surface area contributed by atoms with E-state index in [1.807, 2.05) is 30.3 Å². The van der Waals surface area contributed by atoms with Crippen LogP contribution in [0.1, 0.15) is 5.56 Å². The minimum Gasteiger partial charge on any atom is -0.466 e. The SMILES string of the molecule is COC(=O)/C(=C/c1ccccc1)CP(=O)(OC)OC. The summed E-state index contributed by atoms with van der Waals surface area (Å²) >= 11 is 0. The van der Waals surface area contributed by atoms with Gasteiger partial charge in [-0.05, 0) is 11.6 Å². The fourth-order valence-corrected chi connectivity index (χ4v) is 2.51. The highest BCUT2D eigenvalue weighted by Gasteiger charge is 2.26. The number of carbonyl (C=O) groups excluding carboxylic acids is 1. The van der Waals surface area contributed by atoms with Crippen LogP contribution >= 0.6 is 7.60 Å². The molecule has 0 atom stereocenters. The maximum Gasteiger partial charge on any atom is 0.334 e. The summed E-state index contributed by atoms with van der Waals surface area (Å²) in [7, 11) is 0.518. The molecule has 6 heteroatoms. The van der Waals surface area contributed by atoms with Crippen molar-refractivity contribution in [2.24, 2.45) is 0 Å². The lowest BCUT2D eigenvalue weighted by atomic mass is 10.1. The Morgan fingerprint density at radius 3 is 2.21 bits per heavy atom. The van der Waals surface area contributed by atoms with Crippen LogP contribution in [-0.2, 0) is 23.1 Å². The van der Waals surface area contributed by atoms with Crippen LogP contribution in [0.2, 0.25) is 0 Å². The van der Waals surface area contributed by atoms with Crippen molar-refractivity contribution in [3.63, 3.8) is 0 Å². The van der Waals surface area contributed by atoms with E-state index in [1.165, 1.54) is 21.3 Å². The van der Waals surface area contributed by atoms with E-state index >= 15 is 0 Å². The molecule has 0 unspecified atom stereocenters. The maximum absolute atomic E-state index is 12.1. The first-order chi connectivity index (χ1) is 9.04. The maximum atomic E-state index is 12.1. The number of hydrogen-bond acceptors (Lipinski definition) is 5. The summed E-state index contributed by atoms with van der Waals surface area (Å²) in [6, 6.07) is 9.20. The van der Waals surface area contributed by atoms with Crippen LogP contribution in [0.5, 0.6) is 0 Å². The molecule has 0 heterocycles. The van der Waals surface area contributed by atoms with Crippen molar-refractivity contribution in [2.75, 3.05) is 27.5 Å². The van der Waals surface area contributed by atoms with E-state index in [2.05, 4.69) is 4.74 Å². The second-order valence-electron chi connectivity index (χ2n) is 3.71. The minimum absolute atomic E-state index is 0.137. The number of hydrogen-bond donors (Lipinski definition) is 0. The largest absolute Gasteiger partial charge is 0.466 e. The summed E-state index contributed by atoms with van der Waals surface area (Å²) in [4.78, 5) is 11.7. The number of benzene rings is 1. The average molecular weight is 284 g/mol. The molecule has 1 aromatic carbocycles. The molecule has 0 aliphatic heterocycles. The van der Waals surface area contributed by atoms with E-state index in [-0.39, 0.29) is 11.7 Å². The Morgan fingerprint density at radius 2 is 1.74 bits per heavy atom. The number of ether oxygens (including phenoxy) is 1. The van der Waals surface area contributed by atoms with Crippen molar-refractivity contribution in [3.05, 3.63) is 41.5 Å². The molecule has 1 rings (SSSR count). The molecule has 0 aromatic heterocycles. The number of methoxy groups -OCH3 is 1. The van der Waals surface area contributed by atoms with Crippen LogP contribution in [0.4, 0.5) is 0 Å². The van der Waals surface area contributed by atoms with Crippen LogP contribution in [0.3, 0.4) is 0 Å². The van der Waals surface area contributed by atoms with Gasteiger partial charge in [0.1, 0.15) is 0 Å². The molecular weight excluding hydrogens is 267 g/mol. The molecule has 0 saturated heterocycles. The third-order valence-electron chi connectivity index (χ3n) is 2.51. The molecule has 0 radical (unpaired) electrons. The molecule has 0 amide bonds. The van der Waals surface area contributed by atoms with E-state index < -0.39 is 13.6 Å². The van der Waals surface area contributed by atoms with Crippen molar-refractivity contribution < 1.29 is 23.1 Å². The zero-order valence-corrected chi connectivity index (χ0v) is 12.1. The Kier molecular flexibility index (Phi) is 5.96. The molecule has 104 valence electrons. The third kappa shape index (κ3) is 4.63. The fourth-order valence-electron chi connectivity index (χ4n) is 1.46. The summed E-state index contributed by atoms with van der Waals surface area (Å²) in [5.41, 5.74) is 1.04. The molecule has 5 nitrogen and oxygen atoms in total. The second kappa shape index (κ2) is 7.24. The lowest BCUT2D eigenvalue weighted by molar-refractivity contribution is -0.135. The van der Waals surface area contributed by atoms with Crippen LogP contribution < -0.4 is 0 Å². The van der Waals surface area contributed by atoms with Crippen molar-refractivity contribution in [2.45, 2.75) is 0 Å². The predicted octanol–water partition coefficient (Wildman–Crippen LogP) is 2.73. The quantitative estimate of drug-likeness (QED) is 0.456. The first-order valence-electron chi connectivity index (χ1n) is 5.59. The lowest BCUT2D eigenvalue weighted by Gasteiger charge is -2.14. The molecule has 0 fully saturated rings. The molecule has 19 heavy (non-hydrogen) atoms. The van der Waals surface area contributed by atoms with Gasteiger partial charge in [0.2, 0.25) is 0 Å². The Balaban J connectivity index is 3.06. The zero-order chi connectivity index (χ0) is 14.3. The van der Waals surface area contributed by atoms with Gasteiger partial charge in [0.05, 0.1) is 13.3 Å². The average Bonchev–Trinajstić information content (AvgIpc) is 2.46. The predicted molar refractivity (Wildman–Crippen MR) is 72.9 cm³/mol. The van der Waals surface area contributed by atoms with E-state index in [0.29, 0.717) is 0 Å². The number of esters is 1. The molecule has 0 bridgehead atoms. The summed E-state index contributed by atoms with van der Waals surface area (Å²) in [6.07, 6.45) is 1.47. The van der Waals surface area contributed by atoms with Gasteiger partial charge >= 0.3 is 13.6 Å². The molecule has 0 spiro atoms.